The Balaban J connectivity index is 1.95. The Morgan fingerprint density at radius 1 is 1.43 bits per heavy atom. The Morgan fingerprint density at radius 2 is 2.24 bits per heavy atom. The maximum absolute atomic E-state index is 13.1. The van der Waals surface area contributed by atoms with Crippen LogP contribution in [-0.2, 0) is 17.9 Å². The van der Waals surface area contributed by atoms with E-state index in [1.54, 1.807) is 29.1 Å². The van der Waals surface area contributed by atoms with E-state index < -0.39 is 0 Å². The Bertz CT molecular complexity index is 609. The summed E-state index contributed by atoms with van der Waals surface area (Å²) in [5.74, 6) is 0.194. The molecule has 0 atom stereocenters. The molecule has 5 nitrogen and oxygen atoms in total. The van der Waals surface area contributed by atoms with Crippen molar-refractivity contribution in [1.82, 2.24) is 14.9 Å². The largest absolute Gasteiger partial charge is 0.324 e. The molecule has 112 valence electrons. The molecule has 6 heteroatoms. The van der Waals surface area contributed by atoms with Crippen molar-refractivity contribution in [2.75, 3.05) is 5.32 Å². The van der Waals surface area contributed by atoms with Gasteiger partial charge in [-0.25, -0.2) is 9.37 Å². The van der Waals surface area contributed by atoms with Gasteiger partial charge in [-0.2, -0.15) is 0 Å². The molecule has 0 aliphatic carbocycles. The number of benzene rings is 1. The minimum absolute atomic E-state index is 0.144. The summed E-state index contributed by atoms with van der Waals surface area (Å²) in [4.78, 5) is 16.2. The van der Waals surface area contributed by atoms with Gasteiger partial charge in [0.25, 0.3) is 0 Å². The molecule has 0 aliphatic rings. The first-order valence-corrected chi connectivity index (χ1v) is 6.83. The van der Waals surface area contributed by atoms with Crippen LogP contribution in [0.3, 0.4) is 0 Å². The molecule has 2 aromatic rings. The van der Waals surface area contributed by atoms with E-state index in [0.29, 0.717) is 18.3 Å². The highest BCUT2D eigenvalue weighted by Crippen LogP contribution is 2.09. The summed E-state index contributed by atoms with van der Waals surface area (Å²) in [5, 5.41) is 5.92. The smallest absolute Gasteiger partial charge is 0.244 e. The van der Waals surface area contributed by atoms with E-state index in [0.717, 1.165) is 5.82 Å². The van der Waals surface area contributed by atoms with Crippen molar-refractivity contribution in [2.45, 2.75) is 33.0 Å². The molecule has 0 unspecified atom stereocenters. The van der Waals surface area contributed by atoms with Crippen LogP contribution in [0.15, 0.2) is 36.7 Å². The first-order valence-electron chi connectivity index (χ1n) is 6.83. The van der Waals surface area contributed by atoms with Crippen molar-refractivity contribution in [3.05, 3.63) is 48.3 Å². The number of amides is 1. The number of nitrogens with one attached hydrogen (secondary N) is 2. The molecule has 2 N–H and O–H groups in total. The van der Waals surface area contributed by atoms with E-state index in [4.69, 9.17) is 0 Å². The van der Waals surface area contributed by atoms with E-state index in [9.17, 15) is 9.18 Å². The molecular formula is C15H19FN4O. The molecular weight excluding hydrogens is 271 g/mol. The number of rotatable bonds is 6. The van der Waals surface area contributed by atoms with Crippen LogP contribution >= 0.6 is 0 Å². The lowest BCUT2D eigenvalue weighted by Crippen LogP contribution is -2.26. The van der Waals surface area contributed by atoms with Crippen molar-refractivity contribution in [2.24, 2.45) is 0 Å². The van der Waals surface area contributed by atoms with Gasteiger partial charge in [-0.3, -0.25) is 4.79 Å². The van der Waals surface area contributed by atoms with Gasteiger partial charge in [0.05, 0.1) is 6.54 Å². The van der Waals surface area contributed by atoms with E-state index >= 15 is 0 Å². The molecule has 1 heterocycles. The highest BCUT2D eigenvalue weighted by Gasteiger charge is 2.08. The van der Waals surface area contributed by atoms with Crippen LogP contribution < -0.4 is 10.6 Å². The van der Waals surface area contributed by atoms with Crippen molar-refractivity contribution in [1.29, 1.82) is 0 Å². The summed E-state index contributed by atoms with van der Waals surface area (Å²) < 4.78 is 14.8. The summed E-state index contributed by atoms with van der Waals surface area (Å²) in [6.45, 7) is 4.83. The maximum atomic E-state index is 13.1. The van der Waals surface area contributed by atoms with Gasteiger partial charge in [0, 0.05) is 24.1 Å². The SMILES string of the molecule is CC(C)NCc1nccn1CC(=O)Nc1cccc(F)c1. The van der Waals surface area contributed by atoms with Gasteiger partial charge in [0.15, 0.2) is 0 Å². The normalized spacial score (nSPS) is 10.9. The number of imidazole rings is 1. The van der Waals surface area contributed by atoms with Crippen LogP contribution in [0, 0.1) is 5.82 Å². The van der Waals surface area contributed by atoms with E-state index in [-0.39, 0.29) is 18.3 Å². The fraction of sp³-hybridized carbons (Fsp3) is 0.333. The second-order valence-corrected chi connectivity index (χ2v) is 5.07. The summed E-state index contributed by atoms with van der Waals surface area (Å²) in [5.41, 5.74) is 0.446. The lowest BCUT2D eigenvalue weighted by atomic mass is 10.3. The molecule has 1 aromatic heterocycles. The molecule has 0 radical (unpaired) electrons. The number of halogens is 1. The Kier molecular flexibility index (Phi) is 5.05. The van der Waals surface area contributed by atoms with Gasteiger partial charge < -0.3 is 15.2 Å². The first-order chi connectivity index (χ1) is 10.0. The summed E-state index contributed by atoms with van der Waals surface area (Å²) in [6.07, 6.45) is 3.41. The Labute approximate surface area is 123 Å². The number of hydrogen-bond acceptors (Lipinski definition) is 3. The summed E-state index contributed by atoms with van der Waals surface area (Å²) >= 11 is 0. The van der Waals surface area contributed by atoms with Gasteiger partial charge in [0.1, 0.15) is 18.2 Å². The summed E-state index contributed by atoms with van der Waals surface area (Å²) in [7, 11) is 0. The zero-order valence-corrected chi connectivity index (χ0v) is 12.1. The molecule has 0 spiro atoms. The maximum Gasteiger partial charge on any atom is 0.244 e. The second kappa shape index (κ2) is 6.99. The summed E-state index contributed by atoms with van der Waals surface area (Å²) in [6, 6.07) is 6.17. The number of anilines is 1. The van der Waals surface area contributed by atoms with Crippen LogP contribution in [0.2, 0.25) is 0 Å². The van der Waals surface area contributed by atoms with Gasteiger partial charge >= 0.3 is 0 Å². The molecule has 21 heavy (non-hydrogen) atoms. The van der Waals surface area contributed by atoms with E-state index in [1.165, 1.54) is 12.1 Å². The van der Waals surface area contributed by atoms with Crippen LogP contribution in [0.5, 0.6) is 0 Å². The number of carbonyl (C=O) groups excluding carboxylic acids is 1. The molecule has 2 rings (SSSR count). The van der Waals surface area contributed by atoms with Gasteiger partial charge in [-0.15, -0.1) is 0 Å². The molecule has 0 saturated heterocycles. The van der Waals surface area contributed by atoms with Crippen molar-refractivity contribution in [3.63, 3.8) is 0 Å². The second-order valence-electron chi connectivity index (χ2n) is 5.07. The number of aromatic nitrogens is 2. The third-order valence-electron chi connectivity index (χ3n) is 2.89. The number of carbonyl (C=O) groups is 1. The predicted molar refractivity (Wildman–Crippen MR) is 79.2 cm³/mol. The highest BCUT2D eigenvalue weighted by atomic mass is 19.1. The van der Waals surface area contributed by atoms with Crippen molar-refractivity contribution >= 4 is 11.6 Å². The molecule has 1 amide bonds. The first kappa shape index (κ1) is 15.2. The zero-order valence-electron chi connectivity index (χ0n) is 12.1. The fourth-order valence-corrected chi connectivity index (χ4v) is 1.87. The van der Waals surface area contributed by atoms with Crippen molar-refractivity contribution in [3.8, 4) is 0 Å². The fourth-order valence-electron chi connectivity index (χ4n) is 1.87. The van der Waals surface area contributed by atoms with Crippen molar-refractivity contribution < 1.29 is 9.18 Å². The average Bonchev–Trinajstić information content (AvgIpc) is 2.83. The Morgan fingerprint density at radius 3 is 2.95 bits per heavy atom. The molecule has 0 saturated carbocycles. The third kappa shape index (κ3) is 4.68. The quantitative estimate of drug-likeness (QED) is 0.857. The average molecular weight is 290 g/mol. The lowest BCUT2D eigenvalue weighted by molar-refractivity contribution is -0.116. The van der Waals surface area contributed by atoms with E-state index in [1.807, 2.05) is 13.8 Å². The molecule has 0 aliphatic heterocycles. The number of nitrogens with zero attached hydrogens (tertiary/aromatic N) is 2. The minimum atomic E-state index is -0.378. The van der Waals surface area contributed by atoms with Crippen LogP contribution in [-0.4, -0.2) is 21.5 Å². The minimum Gasteiger partial charge on any atom is -0.324 e. The van der Waals surface area contributed by atoms with Gasteiger partial charge in [-0.05, 0) is 18.2 Å². The topological polar surface area (TPSA) is 59.0 Å². The molecule has 1 aromatic carbocycles. The standard InChI is InChI=1S/C15H19FN4O/c1-11(2)18-9-14-17-6-7-20(14)10-15(21)19-13-5-3-4-12(16)8-13/h3-8,11,18H,9-10H2,1-2H3,(H,19,21). The van der Waals surface area contributed by atoms with Crippen LogP contribution in [0.1, 0.15) is 19.7 Å². The highest BCUT2D eigenvalue weighted by molar-refractivity contribution is 5.90. The monoisotopic (exact) mass is 290 g/mol. The molecule has 0 bridgehead atoms. The zero-order chi connectivity index (χ0) is 15.2. The third-order valence-corrected chi connectivity index (χ3v) is 2.89. The van der Waals surface area contributed by atoms with Gasteiger partial charge in [0.2, 0.25) is 5.91 Å². The van der Waals surface area contributed by atoms with Crippen LogP contribution in [0.4, 0.5) is 10.1 Å². The van der Waals surface area contributed by atoms with Crippen LogP contribution in [0.25, 0.3) is 0 Å². The predicted octanol–water partition coefficient (Wildman–Crippen LogP) is 2.16. The Hall–Kier alpha value is -2.21. The number of hydrogen-bond donors (Lipinski definition) is 2. The lowest BCUT2D eigenvalue weighted by Gasteiger charge is -2.11. The molecule has 0 fully saturated rings. The van der Waals surface area contributed by atoms with Gasteiger partial charge in [-0.1, -0.05) is 19.9 Å². The van der Waals surface area contributed by atoms with E-state index in [2.05, 4.69) is 15.6 Å².